The summed E-state index contributed by atoms with van der Waals surface area (Å²) in [6.07, 6.45) is 1.94. The fourth-order valence-corrected chi connectivity index (χ4v) is 3.58. The molecular formula is C23H35IN6O2. The van der Waals surface area contributed by atoms with E-state index in [1.807, 2.05) is 24.4 Å². The van der Waals surface area contributed by atoms with Crippen LogP contribution in [0.4, 0.5) is 5.82 Å². The number of halogens is 1. The highest BCUT2D eigenvalue weighted by atomic mass is 127. The van der Waals surface area contributed by atoms with Crippen LogP contribution in [0.2, 0.25) is 0 Å². The molecule has 0 spiro atoms. The minimum absolute atomic E-state index is 0. The van der Waals surface area contributed by atoms with Gasteiger partial charge in [0.05, 0.1) is 14.2 Å². The molecule has 0 saturated carbocycles. The number of ether oxygens (including phenoxy) is 2. The summed E-state index contributed by atoms with van der Waals surface area (Å²) in [5.41, 5.74) is 2.14. The Morgan fingerprint density at radius 3 is 2.38 bits per heavy atom. The van der Waals surface area contributed by atoms with Gasteiger partial charge >= 0.3 is 0 Å². The highest BCUT2D eigenvalue weighted by molar-refractivity contribution is 14.0. The van der Waals surface area contributed by atoms with Crippen LogP contribution in [0.5, 0.6) is 11.5 Å². The van der Waals surface area contributed by atoms with Crippen LogP contribution in [0.15, 0.2) is 41.5 Å². The van der Waals surface area contributed by atoms with Crippen LogP contribution in [0, 0.1) is 0 Å². The molecule has 1 aromatic heterocycles. The molecule has 8 nitrogen and oxygen atoms in total. The average molecular weight is 554 g/mol. The lowest BCUT2D eigenvalue weighted by Crippen LogP contribution is -2.46. The zero-order chi connectivity index (χ0) is 22.1. The number of methoxy groups -OCH3 is 2. The zero-order valence-corrected chi connectivity index (χ0v) is 21.8. The minimum Gasteiger partial charge on any atom is -0.497 e. The van der Waals surface area contributed by atoms with Gasteiger partial charge in [0.1, 0.15) is 17.3 Å². The van der Waals surface area contributed by atoms with Crippen LogP contribution in [0.3, 0.4) is 0 Å². The van der Waals surface area contributed by atoms with E-state index in [1.54, 1.807) is 21.3 Å². The smallest absolute Gasteiger partial charge is 0.191 e. The van der Waals surface area contributed by atoms with Crippen LogP contribution in [-0.2, 0) is 13.1 Å². The van der Waals surface area contributed by atoms with E-state index in [4.69, 9.17) is 9.47 Å². The second-order valence-electron chi connectivity index (χ2n) is 7.40. The summed E-state index contributed by atoms with van der Waals surface area (Å²) in [7, 11) is 5.07. The van der Waals surface area contributed by atoms with Gasteiger partial charge in [-0.2, -0.15) is 0 Å². The Kier molecular flexibility index (Phi) is 10.8. The predicted molar refractivity (Wildman–Crippen MR) is 141 cm³/mol. The molecule has 2 aromatic rings. The van der Waals surface area contributed by atoms with Gasteiger partial charge < -0.3 is 29.9 Å². The topological polar surface area (TPSA) is 74.2 Å². The third-order valence-electron chi connectivity index (χ3n) is 5.58. The van der Waals surface area contributed by atoms with E-state index >= 15 is 0 Å². The van der Waals surface area contributed by atoms with Crippen molar-refractivity contribution in [1.29, 1.82) is 0 Å². The van der Waals surface area contributed by atoms with Crippen LogP contribution >= 0.6 is 24.0 Å². The number of hydrogen-bond donors (Lipinski definition) is 2. The van der Waals surface area contributed by atoms with E-state index in [9.17, 15) is 0 Å². The number of aliphatic imine (C=N–C) groups is 1. The molecule has 2 heterocycles. The van der Waals surface area contributed by atoms with Gasteiger partial charge in [-0.15, -0.1) is 24.0 Å². The second-order valence-corrected chi connectivity index (χ2v) is 7.40. The zero-order valence-electron chi connectivity index (χ0n) is 19.4. The molecule has 32 heavy (non-hydrogen) atoms. The van der Waals surface area contributed by atoms with Gasteiger partial charge in [0, 0.05) is 64.1 Å². The van der Waals surface area contributed by atoms with Gasteiger partial charge in [-0.05, 0) is 30.3 Å². The SMILES string of the molecule is CCN1CCN(c2ccc(CNC(=NC)NCc3ccc(OC)cc3OC)cn2)CC1.I. The van der Waals surface area contributed by atoms with Crippen molar-refractivity contribution in [2.75, 3.05) is 58.9 Å². The summed E-state index contributed by atoms with van der Waals surface area (Å²) in [5, 5.41) is 6.67. The highest BCUT2D eigenvalue weighted by Crippen LogP contribution is 2.24. The lowest BCUT2D eigenvalue weighted by atomic mass is 10.2. The molecule has 1 aliphatic rings. The third-order valence-corrected chi connectivity index (χ3v) is 5.58. The number of rotatable bonds is 8. The maximum Gasteiger partial charge on any atom is 0.191 e. The number of likely N-dealkylation sites (N-methyl/N-ethyl adjacent to an activating group) is 1. The van der Waals surface area contributed by atoms with Crippen molar-refractivity contribution >= 4 is 35.8 Å². The Morgan fingerprint density at radius 2 is 1.78 bits per heavy atom. The number of guanidine groups is 1. The molecule has 1 saturated heterocycles. The third kappa shape index (κ3) is 7.13. The number of hydrogen-bond acceptors (Lipinski definition) is 6. The number of aromatic nitrogens is 1. The monoisotopic (exact) mass is 554 g/mol. The number of pyridine rings is 1. The maximum absolute atomic E-state index is 5.46. The van der Waals surface area contributed by atoms with Crippen molar-refractivity contribution in [3.63, 3.8) is 0 Å². The predicted octanol–water partition coefficient (Wildman–Crippen LogP) is 2.72. The lowest BCUT2D eigenvalue weighted by molar-refractivity contribution is 0.270. The summed E-state index contributed by atoms with van der Waals surface area (Å²) in [5.74, 6) is 3.32. The van der Waals surface area contributed by atoms with Crippen molar-refractivity contribution in [2.24, 2.45) is 4.99 Å². The van der Waals surface area contributed by atoms with E-state index < -0.39 is 0 Å². The molecule has 0 amide bonds. The first-order valence-electron chi connectivity index (χ1n) is 10.7. The van der Waals surface area contributed by atoms with E-state index in [2.05, 4.69) is 49.5 Å². The van der Waals surface area contributed by atoms with Crippen molar-refractivity contribution in [3.05, 3.63) is 47.7 Å². The molecule has 0 unspecified atom stereocenters. The number of benzene rings is 1. The van der Waals surface area contributed by atoms with E-state index in [-0.39, 0.29) is 24.0 Å². The lowest BCUT2D eigenvalue weighted by Gasteiger charge is -2.34. The first-order chi connectivity index (χ1) is 15.2. The molecule has 3 rings (SSSR count). The Labute approximate surface area is 208 Å². The number of nitrogens with one attached hydrogen (secondary N) is 2. The van der Waals surface area contributed by atoms with Gasteiger partial charge in [0.25, 0.3) is 0 Å². The standard InChI is InChI=1S/C23H34N6O2.HI/c1-5-28-10-12-29(13-11-28)22-9-6-18(15-25-22)16-26-23(24-2)27-17-19-7-8-20(30-3)14-21(19)31-4;/h6-9,14-15H,5,10-13,16-17H2,1-4H3,(H2,24,26,27);1H. The van der Waals surface area contributed by atoms with Gasteiger partial charge in [-0.25, -0.2) is 4.98 Å². The molecule has 1 fully saturated rings. The summed E-state index contributed by atoms with van der Waals surface area (Å²) >= 11 is 0. The largest absolute Gasteiger partial charge is 0.497 e. The van der Waals surface area contributed by atoms with Gasteiger partial charge in [0.15, 0.2) is 5.96 Å². The molecule has 1 aromatic carbocycles. The molecule has 176 valence electrons. The fraction of sp³-hybridized carbons (Fsp3) is 0.478. The summed E-state index contributed by atoms with van der Waals surface area (Å²) < 4.78 is 10.7. The van der Waals surface area contributed by atoms with Crippen molar-refractivity contribution in [1.82, 2.24) is 20.5 Å². The quantitative estimate of drug-likeness (QED) is 0.296. The van der Waals surface area contributed by atoms with Gasteiger partial charge in [0.2, 0.25) is 0 Å². The molecule has 0 atom stereocenters. The summed E-state index contributed by atoms with van der Waals surface area (Å²) in [6.45, 7) is 8.83. The molecule has 2 N–H and O–H groups in total. The summed E-state index contributed by atoms with van der Waals surface area (Å²) in [4.78, 5) is 13.8. The van der Waals surface area contributed by atoms with E-state index in [0.717, 1.165) is 67.1 Å². The number of nitrogens with zero attached hydrogens (tertiary/aromatic N) is 4. The highest BCUT2D eigenvalue weighted by Gasteiger charge is 2.16. The van der Waals surface area contributed by atoms with Crippen LogP contribution in [-0.4, -0.2) is 69.8 Å². The summed E-state index contributed by atoms with van der Waals surface area (Å²) in [6, 6.07) is 10.0. The van der Waals surface area contributed by atoms with Crippen LogP contribution < -0.4 is 25.0 Å². The normalized spacial score (nSPS) is 14.5. The number of piperazine rings is 1. The second kappa shape index (κ2) is 13.3. The van der Waals surface area contributed by atoms with Crippen molar-refractivity contribution < 1.29 is 9.47 Å². The average Bonchev–Trinajstić information content (AvgIpc) is 2.84. The molecule has 1 aliphatic heterocycles. The van der Waals surface area contributed by atoms with Crippen molar-refractivity contribution in [2.45, 2.75) is 20.0 Å². The van der Waals surface area contributed by atoms with Crippen molar-refractivity contribution in [3.8, 4) is 11.5 Å². The maximum atomic E-state index is 5.46. The Morgan fingerprint density at radius 1 is 1.03 bits per heavy atom. The number of anilines is 1. The van der Waals surface area contributed by atoms with E-state index in [1.165, 1.54) is 0 Å². The van der Waals surface area contributed by atoms with Gasteiger partial charge in [-0.1, -0.05) is 13.0 Å². The first kappa shape index (κ1) is 26.0. The van der Waals surface area contributed by atoms with Crippen LogP contribution in [0.25, 0.3) is 0 Å². The molecule has 0 bridgehead atoms. The van der Waals surface area contributed by atoms with E-state index in [0.29, 0.717) is 13.1 Å². The Bertz CT molecular complexity index is 854. The molecular weight excluding hydrogens is 519 g/mol. The van der Waals surface area contributed by atoms with Gasteiger partial charge in [-0.3, -0.25) is 4.99 Å². The first-order valence-corrected chi connectivity index (χ1v) is 10.7. The Hall–Kier alpha value is -2.27. The fourth-order valence-electron chi connectivity index (χ4n) is 3.58. The van der Waals surface area contributed by atoms with Crippen LogP contribution in [0.1, 0.15) is 18.1 Å². The molecule has 9 heteroatoms. The molecule has 0 radical (unpaired) electrons. The molecule has 0 aliphatic carbocycles. The Balaban J connectivity index is 0.00000363. The minimum atomic E-state index is 0.